The standard InChI is InChI=1S/C18H13ClINO3S/c1-10-8-11(20)6-7-13(10)21-15(22)9-24-18(23)17-16(19)12-4-2-3-5-14(12)25-17/h2-8H,9H2,1H3,(H,21,22). The minimum Gasteiger partial charge on any atom is -0.451 e. The molecule has 0 fully saturated rings. The molecule has 4 nitrogen and oxygen atoms in total. The Morgan fingerprint density at radius 2 is 2.00 bits per heavy atom. The van der Waals surface area contributed by atoms with Gasteiger partial charge in [-0.2, -0.15) is 0 Å². The number of hydrogen-bond donors (Lipinski definition) is 1. The van der Waals surface area contributed by atoms with Crippen LogP contribution in [0.2, 0.25) is 5.02 Å². The van der Waals surface area contributed by atoms with Crippen LogP contribution in [0.5, 0.6) is 0 Å². The van der Waals surface area contributed by atoms with Crippen molar-refractivity contribution in [2.75, 3.05) is 11.9 Å². The number of carbonyl (C=O) groups is 2. The summed E-state index contributed by atoms with van der Waals surface area (Å²) in [5.41, 5.74) is 1.64. The number of fused-ring (bicyclic) bond motifs is 1. The van der Waals surface area contributed by atoms with Crippen LogP contribution >= 0.6 is 45.5 Å². The molecule has 3 rings (SSSR count). The first-order chi connectivity index (χ1) is 12.0. The monoisotopic (exact) mass is 485 g/mol. The molecule has 0 bridgehead atoms. The third-order valence-electron chi connectivity index (χ3n) is 3.52. The lowest BCUT2D eigenvalue weighted by molar-refractivity contribution is -0.119. The fourth-order valence-corrected chi connectivity index (χ4v) is 4.34. The lowest BCUT2D eigenvalue weighted by atomic mass is 10.2. The largest absolute Gasteiger partial charge is 0.451 e. The second kappa shape index (κ2) is 7.72. The van der Waals surface area contributed by atoms with Gasteiger partial charge in [-0.05, 0) is 59.3 Å². The van der Waals surface area contributed by atoms with Crippen LogP contribution in [0, 0.1) is 10.5 Å². The normalized spacial score (nSPS) is 10.7. The van der Waals surface area contributed by atoms with Gasteiger partial charge in [-0.25, -0.2) is 4.79 Å². The maximum atomic E-state index is 12.2. The van der Waals surface area contributed by atoms with Crippen LogP contribution in [0.4, 0.5) is 5.69 Å². The highest BCUT2D eigenvalue weighted by molar-refractivity contribution is 14.1. The van der Waals surface area contributed by atoms with E-state index in [9.17, 15) is 9.59 Å². The van der Waals surface area contributed by atoms with Gasteiger partial charge in [-0.1, -0.05) is 29.8 Å². The number of hydrogen-bond acceptors (Lipinski definition) is 4. The summed E-state index contributed by atoms with van der Waals surface area (Å²) in [6.07, 6.45) is 0. The summed E-state index contributed by atoms with van der Waals surface area (Å²) in [5.74, 6) is -0.990. The fourth-order valence-electron chi connectivity index (χ4n) is 2.30. The summed E-state index contributed by atoms with van der Waals surface area (Å²) in [6, 6.07) is 13.1. The zero-order valence-corrected chi connectivity index (χ0v) is 16.9. The van der Waals surface area contributed by atoms with Crippen molar-refractivity contribution in [1.29, 1.82) is 0 Å². The number of ether oxygens (including phenoxy) is 1. The van der Waals surface area contributed by atoms with Gasteiger partial charge in [-0.15, -0.1) is 11.3 Å². The number of aryl methyl sites for hydroxylation is 1. The molecule has 1 heterocycles. The third-order valence-corrected chi connectivity index (χ3v) is 5.84. The molecular formula is C18H13ClINO3S. The zero-order chi connectivity index (χ0) is 18.0. The first-order valence-electron chi connectivity index (χ1n) is 7.36. The van der Waals surface area contributed by atoms with Gasteiger partial charge in [0.15, 0.2) is 6.61 Å². The topological polar surface area (TPSA) is 55.4 Å². The molecule has 25 heavy (non-hydrogen) atoms. The number of nitrogens with one attached hydrogen (secondary N) is 1. The van der Waals surface area contributed by atoms with E-state index in [4.69, 9.17) is 16.3 Å². The number of anilines is 1. The molecule has 3 aromatic rings. The quantitative estimate of drug-likeness (QED) is 0.405. The maximum absolute atomic E-state index is 12.2. The molecular weight excluding hydrogens is 473 g/mol. The highest BCUT2D eigenvalue weighted by atomic mass is 127. The van der Waals surface area contributed by atoms with Crippen LogP contribution in [-0.2, 0) is 9.53 Å². The van der Waals surface area contributed by atoms with E-state index in [-0.39, 0.29) is 6.61 Å². The van der Waals surface area contributed by atoms with Gasteiger partial charge in [0.25, 0.3) is 5.91 Å². The highest BCUT2D eigenvalue weighted by Gasteiger charge is 2.19. The Labute approximate surface area is 167 Å². The van der Waals surface area contributed by atoms with Gasteiger partial charge in [0, 0.05) is 19.3 Å². The predicted octanol–water partition coefficient (Wildman–Crippen LogP) is 5.26. The maximum Gasteiger partial charge on any atom is 0.350 e. The molecule has 0 aliphatic rings. The van der Waals surface area contributed by atoms with Crippen LogP contribution in [0.1, 0.15) is 15.2 Å². The van der Waals surface area contributed by atoms with Gasteiger partial charge in [0.1, 0.15) is 4.88 Å². The predicted molar refractivity (Wildman–Crippen MR) is 110 cm³/mol. The first kappa shape index (κ1) is 18.2. The summed E-state index contributed by atoms with van der Waals surface area (Å²) < 4.78 is 7.09. The Balaban J connectivity index is 1.65. The van der Waals surface area contributed by atoms with E-state index in [1.54, 1.807) is 0 Å². The van der Waals surface area contributed by atoms with E-state index in [1.165, 1.54) is 11.3 Å². The summed E-state index contributed by atoms with van der Waals surface area (Å²) in [4.78, 5) is 24.6. The van der Waals surface area contributed by atoms with Crippen molar-refractivity contribution in [3.63, 3.8) is 0 Å². The van der Waals surface area contributed by atoms with E-state index >= 15 is 0 Å². The van der Waals surface area contributed by atoms with E-state index in [1.807, 2.05) is 49.4 Å². The number of rotatable bonds is 4. The van der Waals surface area contributed by atoms with Gasteiger partial charge in [0.05, 0.1) is 5.02 Å². The van der Waals surface area contributed by atoms with Crippen molar-refractivity contribution in [3.8, 4) is 0 Å². The van der Waals surface area contributed by atoms with E-state index in [0.717, 1.165) is 19.2 Å². The van der Waals surface area contributed by atoms with E-state index < -0.39 is 11.9 Å². The minimum absolute atomic E-state index is 0.307. The van der Waals surface area contributed by atoms with Gasteiger partial charge in [-0.3, -0.25) is 4.79 Å². The Morgan fingerprint density at radius 1 is 1.24 bits per heavy atom. The summed E-state index contributed by atoms with van der Waals surface area (Å²) in [5, 5.41) is 3.90. The number of carbonyl (C=O) groups excluding carboxylic acids is 2. The van der Waals surface area contributed by atoms with Crippen molar-refractivity contribution in [1.82, 2.24) is 0 Å². The lowest BCUT2D eigenvalue weighted by Crippen LogP contribution is -2.21. The van der Waals surface area contributed by atoms with Crippen LogP contribution < -0.4 is 5.32 Å². The van der Waals surface area contributed by atoms with Crippen molar-refractivity contribution in [2.24, 2.45) is 0 Å². The second-order valence-electron chi connectivity index (χ2n) is 5.32. The Morgan fingerprint density at radius 3 is 2.72 bits per heavy atom. The van der Waals surface area contributed by atoms with Crippen LogP contribution in [0.3, 0.4) is 0 Å². The number of esters is 1. The number of thiophene rings is 1. The molecule has 0 radical (unpaired) electrons. The minimum atomic E-state index is -0.597. The zero-order valence-electron chi connectivity index (χ0n) is 13.1. The van der Waals surface area contributed by atoms with Crippen LogP contribution in [0.15, 0.2) is 42.5 Å². The molecule has 0 unspecified atom stereocenters. The first-order valence-corrected chi connectivity index (χ1v) is 9.63. The third kappa shape index (κ3) is 4.13. The van der Waals surface area contributed by atoms with Crippen molar-refractivity contribution < 1.29 is 14.3 Å². The lowest BCUT2D eigenvalue weighted by Gasteiger charge is -2.09. The summed E-state index contributed by atoms with van der Waals surface area (Å²) >= 11 is 9.70. The Hall–Kier alpha value is -1.64. The molecule has 0 aliphatic carbocycles. The van der Waals surface area contributed by atoms with E-state index in [0.29, 0.717) is 15.6 Å². The van der Waals surface area contributed by atoms with Crippen molar-refractivity contribution in [3.05, 3.63) is 61.5 Å². The van der Waals surface area contributed by atoms with Crippen LogP contribution in [-0.4, -0.2) is 18.5 Å². The average molecular weight is 486 g/mol. The molecule has 0 saturated heterocycles. The molecule has 1 amide bonds. The molecule has 7 heteroatoms. The summed E-state index contributed by atoms with van der Waals surface area (Å²) in [7, 11) is 0. The Bertz CT molecular complexity index is 970. The van der Waals surface area contributed by atoms with Crippen LogP contribution in [0.25, 0.3) is 10.1 Å². The molecule has 128 valence electrons. The number of benzene rings is 2. The fraction of sp³-hybridized carbons (Fsp3) is 0.111. The number of amides is 1. The van der Waals surface area contributed by atoms with E-state index in [2.05, 4.69) is 27.9 Å². The number of halogens is 2. The van der Waals surface area contributed by atoms with Crippen molar-refractivity contribution in [2.45, 2.75) is 6.92 Å². The molecule has 0 atom stereocenters. The smallest absolute Gasteiger partial charge is 0.350 e. The Kier molecular flexibility index (Phi) is 5.61. The SMILES string of the molecule is Cc1cc(I)ccc1NC(=O)COC(=O)c1sc2ccccc2c1Cl. The molecule has 0 saturated carbocycles. The van der Waals surface area contributed by atoms with Gasteiger partial charge in [0.2, 0.25) is 0 Å². The molecule has 1 N–H and O–H groups in total. The van der Waals surface area contributed by atoms with Gasteiger partial charge >= 0.3 is 5.97 Å². The molecule has 0 aliphatic heterocycles. The highest BCUT2D eigenvalue weighted by Crippen LogP contribution is 2.35. The molecule has 2 aromatic carbocycles. The second-order valence-corrected chi connectivity index (χ2v) is 8.00. The van der Waals surface area contributed by atoms with Gasteiger partial charge < -0.3 is 10.1 Å². The summed E-state index contributed by atoms with van der Waals surface area (Å²) in [6.45, 7) is 1.54. The average Bonchev–Trinajstić information content (AvgIpc) is 2.93. The molecule has 1 aromatic heterocycles. The molecule has 0 spiro atoms. The van der Waals surface area contributed by atoms with Crippen molar-refractivity contribution >= 4 is 73.2 Å².